The van der Waals surface area contributed by atoms with Crippen LogP contribution in [0.15, 0.2) is 40.8 Å². The minimum absolute atomic E-state index is 0.00594. The van der Waals surface area contributed by atoms with Crippen LogP contribution in [0.2, 0.25) is 0 Å². The Morgan fingerprint density at radius 2 is 1.90 bits per heavy atom. The van der Waals surface area contributed by atoms with E-state index in [2.05, 4.69) is 11.4 Å². The minimum atomic E-state index is -3.72. The van der Waals surface area contributed by atoms with E-state index < -0.39 is 10.0 Å². The Bertz CT molecular complexity index is 633. The van der Waals surface area contributed by atoms with Gasteiger partial charge in [0.25, 0.3) is 5.91 Å². The fraction of sp³-hybridized carbons (Fsp3) is 0.400. The number of nitrogens with one attached hydrogen (secondary N) is 1. The lowest BCUT2D eigenvalue weighted by molar-refractivity contribution is 0.0954. The van der Waals surface area contributed by atoms with Gasteiger partial charge in [0, 0.05) is 12.1 Å². The van der Waals surface area contributed by atoms with E-state index in [0.29, 0.717) is 12.1 Å². The molecule has 2 rings (SSSR count). The summed E-state index contributed by atoms with van der Waals surface area (Å²) in [4.78, 5) is 11.9. The molecule has 21 heavy (non-hydrogen) atoms. The van der Waals surface area contributed by atoms with Crippen molar-refractivity contribution >= 4 is 15.9 Å². The zero-order valence-electron chi connectivity index (χ0n) is 11.8. The zero-order chi connectivity index (χ0) is 15.3. The Hall–Kier alpha value is -1.66. The highest BCUT2D eigenvalue weighted by atomic mass is 32.2. The quantitative estimate of drug-likeness (QED) is 0.815. The SMILES string of the molecule is NS(=O)(=O)c1ccc(C(=O)NCCC2=CCCCC2)cc1. The summed E-state index contributed by atoms with van der Waals surface area (Å²) in [7, 11) is -3.72. The van der Waals surface area contributed by atoms with Gasteiger partial charge in [0.15, 0.2) is 0 Å². The third-order valence-corrected chi connectivity index (χ3v) is 4.49. The van der Waals surface area contributed by atoms with E-state index in [0.717, 1.165) is 19.3 Å². The summed E-state index contributed by atoms with van der Waals surface area (Å²) in [5.41, 5.74) is 1.84. The van der Waals surface area contributed by atoms with Gasteiger partial charge in [0.05, 0.1) is 4.90 Å². The maximum atomic E-state index is 11.9. The van der Waals surface area contributed by atoms with E-state index in [1.54, 1.807) is 0 Å². The number of carbonyl (C=O) groups excluding carboxylic acids is 1. The number of hydrogen-bond acceptors (Lipinski definition) is 3. The second-order valence-corrected chi connectivity index (χ2v) is 6.74. The van der Waals surface area contributed by atoms with Crippen LogP contribution in [-0.2, 0) is 10.0 Å². The number of primary sulfonamides is 1. The van der Waals surface area contributed by atoms with Gasteiger partial charge in [-0.3, -0.25) is 4.79 Å². The normalized spacial score (nSPS) is 15.4. The summed E-state index contributed by atoms with van der Waals surface area (Å²) in [6.45, 7) is 0.599. The van der Waals surface area contributed by atoms with Gasteiger partial charge in [-0.15, -0.1) is 0 Å². The smallest absolute Gasteiger partial charge is 0.251 e. The first-order chi connectivity index (χ1) is 9.97. The number of carbonyl (C=O) groups is 1. The maximum absolute atomic E-state index is 11.9. The van der Waals surface area contributed by atoms with Gasteiger partial charge < -0.3 is 5.32 Å². The molecule has 0 fully saturated rings. The molecule has 1 aromatic rings. The Balaban J connectivity index is 1.87. The van der Waals surface area contributed by atoms with Gasteiger partial charge in [-0.1, -0.05) is 11.6 Å². The molecule has 5 nitrogen and oxygen atoms in total. The molecule has 0 saturated carbocycles. The highest BCUT2D eigenvalue weighted by Crippen LogP contribution is 2.19. The third-order valence-electron chi connectivity index (χ3n) is 3.56. The van der Waals surface area contributed by atoms with Gasteiger partial charge in [-0.25, -0.2) is 13.6 Å². The molecular weight excluding hydrogens is 288 g/mol. The van der Waals surface area contributed by atoms with Crippen molar-refractivity contribution < 1.29 is 13.2 Å². The van der Waals surface area contributed by atoms with E-state index in [1.165, 1.54) is 42.7 Å². The summed E-state index contributed by atoms with van der Waals surface area (Å²) in [5, 5.41) is 7.86. The fourth-order valence-corrected chi connectivity index (χ4v) is 2.88. The molecule has 114 valence electrons. The summed E-state index contributed by atoms with van der Waals surface area (Å²) < 4.78 is 22.3. The zero-order valence-corrected chi connectivity index (χ0v) is 12.7. The van der Waals surface area contributed by atoms with Crippen LogP contribution >= 0.6 is 0 Å². The molecule has 1 aliphatic rings. The highest BCUT2D eigenvalue weighted by Gasteiger charge is 2.10. The number of nitrogens with two attached hydrogens (primary N) is 1. The largest absolute Gasteiger partial charge is 0.352 e. The molecular formula is C15H20N2O3S. The monoisotopic (exact) mass is 308 g/mol. The molecule has 0 bridgehead atoms. The number of sulfonamides is 1. The molecule has 0 radical (unpaired) electrons. The van der Waals surface area contributed by atoms with E-state index in [-0.39, 0.29) is 10.8 Å². The Morgan fingerprint density at radius 1 is 1.19 bits per heavy atom. The van der Waals surface area contributed by atoms with Crippen molar-refractivity contribution in [2.75, 3.05) is 6.54 Å². The van der Waals surface area contributed by atoms with E-state index >= 15 is 0 Å². The van der Waals surface area contributed by atoms with Gasteiger partial charge in [0.2, 0.25) is 10.0 Å². The molecule has 0 spiro atoms. The lowest BCUT2D eigenvalue weighted by Gasteiger charge is -2.13. The average Bonchev–Trinajstić information content (AvgIpc) is 2.47. The van der Waals surface area contributed by atoms with Crippen LogP contribution in [0.25, 0.3) is 0 Å². The number of benzene rings is 1. The molecule has 1 aromatic carbocycles. The second kappa shape index (κ2) is 6.87. The van der Waals surface area contributed by atoms with Gasteiger partial charge in [-0.2, -0.15) is 0 Å². The summed E-state index contributed by atoms with van der Waals surface area (Å²) in [6.07, 6.45) is 7.88. The van der Waals surface area contributed by atoms with Crippen molar-refractivity contribution in [1.29, 1.82) is 0 Å². The maximum Gasteiger partial charge on any atom is 0.251 e. The van der Waals surface area contributed by atoms with Crippen molar-refractivity contribution in [3.63, 3.8) is 0 Å². The molecule has 3 N–H and O–H groups in total. The predicted molar refractivity (Wildman–Crippen MR) is 81.3 cm³/mol. The number of rotatable bonds is 5. The Kier molecular flexibility index (Phi) is 5.14. The second-order valence-electron chi connectivity index (χ2n) is 5.18. The topological polar surface area (TPSA) is 89.3 Å². The molecule has 0 atom stereocenters. The summed E-state index contributed by atoms with van der Waals surface area (Å²) in [6, 6.07) is 5.62. The van der Waals surface area contributed by atoms with Gasteiger partial charge in [0.1, 0.15) is 0 Å². The van der Waals surface area contributed by atoms with Crippen molar-refractivity contribution in [2.45, 2.75) is 37.0 Å². The van der Waals surface area contributed by atoms with Crippen molar-refractivity contribution in [2.24, 2.45) is 5.14 Å². The van der Waals surface area contributed by atoms with Crippen LogP contribution in [0.5, 0.6) is 0 Å². The average molecular weight is 308 g/mol. The molecule has 0 aromatic heterocycles. The number of hydrogen-bond donors (Lipinski definition) is 2. The fourth-order valence-electron chi connectivity index (χ4n) is 2.37. The predicted octanol–water partition coefficient (Wildman–Crippen LogP) is 1.95. The molecule has 1 amide bonds. The van der Waals surface area contributed by atoms with Crippen LogP contribution in [-0.4, -0.2) is 20.9 Å². The summed E-state index contributed by atoms with van der Waals surface area (Å²) >= 11 is 0. The molecule has 6 heteroatoms. The lowest BCUT2D eigenvalue weighted by atomic mass is 9.97. The standard InChI is InChI=1S/C15H20N2O3S/c16-21(19,20)14-8-6-13(7-9-14)15(18)17-11-10-12-4-2-1-3-5-12/h4,6-9H,1-3,5,10-11H2,(H,17,18)(H2,16,19,20). The number of allylic oxidation sites excluding steroid dienone is 1. The first-order valence-electron chi connectivity index (χ1n) is 7.06. The highest BCUT2D eigenvalue weighted by molar-refractivity contribution is 7.89. The number of amides is 1. The Morgan fingerprint density at radius 3 is 2.48 bits per heavy atom. The van der Waals surface area contributed by atoms with Crippen LogP contribution in [0.1, 0.15) is 42.5 Å². The summed E-state index contributed by atoms with van der Waals surface area (Å²) in [5.74, 6) is -0.202. The molecule has 1 aliphatic carbocycles. The molecule has 0 saturated heterocycles. The van der Waals surface area contributed by atoms with Crippen molar-refractivity contribution in [3.05, 3.63) is 41.5 Å². The van der Waals surface area contributed by atoms with E-state index in [9.17, 15) is 13.2 Å². The molecule has 0 unspecified atom stereocenters. The van der Waals surface area contributed by atoms with Gasteiger partial charge >= 0.3 is 0 Å². The first-order valence-corrected chi connectivity index (χ1v) is 8.60. The van der Waals surface area contributed by atoms with Crippen LogP contribution in [0.4, 0.5) is 0 Å². The molecule has 0 heterocycles. The van der Waals surface area contributed by atoms with E-state index in [1.807, 2.05) is 0 Å². The lowest BCUT2D eigenvalue weighted by Crippen LogP contribution is -2.25. The third kappa shape index (κ3) is 4.68. The minimum Gasteiger partial charge on any atom is -0.352 e. The van der Waals surface area contributed by atoms with Crippen molar-refractivity contribution in [3.8, 4) is 0 Å². The van der Waals surface area contributed by atoms with Crippen LogP contribution in [0.3, 0.4) is 0 Å². The molecule has 0 aliphatic heterocycles. The Labute approximate surface area is 125 Å². The van der Waals surface area contributed by atoms with E-state index in [4.69, 9.17) is 5.14 Å². The van der Waals surface area contributed by atoms with Crippen LogP contribution in [0, 0.1) is 0 Å². The first kappa shape index (κ1) is 15.7. The van der Waals surface area contributed by atoms with Gasteiger partial charge in [-0.05, 0) is 56.4 Å². The van der Waals surface area contributed by atoms with Crippen LogP contribution < -0.4 is 10.5 Å². The van der Waals surface area contributed by atoms with Crippen molar-refractivity contribution in [1.82, 2.24) is 5.32 Å².